The monoisotopic (exact) mass is 389 g/mol. The third-order valence-electron chi connectivity index (χ3n) is 4.49. The van der Waals surface area contributed by atoms with Gasteiger partial charge in [0.2, 0.25) is 11.8 Å². The highest BCUT2D eigenvalue weighted by molar-refractivity contribution is 5.84. The zero-order chi connectivity index (χ0) is 19.6. The van der Waals surface area contributed by atoms with E-state index in [-0.39, 0.29) is 17.7 Å². The fourth-order valence-electron chi connectivity index (χ4n) is 3.13. The molecule has 0 radical (unpaired) electrons. The minimum atomic E-state index is -4.64. The molecule has 9 heteroatoms. The molecule has 1 aliphatic heterocycles. The molecule has 2 N–H and O–H groups in total. The van der Waals surface area contributed by atoms with Crippen molar-refractivity contribution in [1.29, 1.82) is 0 Å². The molecule has 3 heterocycles. The Hall–Kier alpha value is -2.94. The van der Waals surface area contributed by atoms with Crippen molar-refractivity contribution in [3.05, 3.63) is 48.3 Å². The van der Waals surface area contributed by atoms with Gasteiger partial charge in [0.05, 0.1) is 0 Å². The zero-order valence-corrected chi connectivity index (χ0v) is 14.8. The summed E-state index contributed by atoms with van der Waals surface area (Å²) >= 11 is 0. The van der Waals surface area contributed by atoms with Crippen LogP contribution in [0.1, 0.15) is 18.4 Å². The lowest BCUT2D eigenvalue weighted by Gasteiger charge is -2.24. The average Bonchev–Trinajstić information content (AvgIpc) is 2.68. The third kappa shape index (κ3) is 3.99. The van der Waals surface area contributed by atoms with E-state index in [1.165, 1.54) is 0 Å². The zero-order valence-electron chi connectivity index (χ0n) is 14.8. The maximum absolute atomic E-state index is 13.4. The minimum absolute atomic E-state index is 0.0533. The lowest BCUT2D eigenvalue weighted by Crippen LogP contribution is -2.38. The molecule has 0 unspecified atom stereocenters. The van der Waals surface area contributed by atoms with Crippen LogP contribution in [0.5, 0.6) is 11.6 Å². The second-order valence-corrected chi connectivity index (χ2v) is 6.53. The van der Waals surface area contributed by atoms with Crippen LogP contribution in [0.2, 0.25) is 0 Å². The van der Waals surface area contributed by atoms with Gasteiger partial charge in [-0.1, -0.05) is 18.2 Å². The summed E-state index contributed by atoms with van der Waals surface area (Å²) in [6, 6.07) is 8.68. The standard InChI is InChI=1S/C19H18F3N5O/c20-19(21,22)14-11-25-18(26-13-6-3-8-23-10-13)27-17(14)28-15-7-1-4-12-5-2-9-24-16(12)15/h1-2,4-5,7,9,11,13,23H,3,6,8,10H2,(H,25,26,27)/t13-/m0/s1. The highest BCUT2D eigenvalue weighted by atomic mass is 19.4. The summed E-state index contributed by atoms with van der Waals surface area (Å²) in [6.07, 6.45) is -0.467. The molecule has 146 valence electrons. The molecule has 6 nitrogen and oxygen atoms in total. The van der Waals surface area contributed by atoms with Gasteiger partial charge in [0.25, 0.3) is 0 Å². The molecule has 0 bridgehead atoms. The Morgan fingerprint density at radius 2 is 2.00 bits per heavy atom. The number of alkyl halides is 3. The van der Waals surface area contributed by atoms with Crippen LogP contribution in [0.25, 0.3) is 10.9 Å². The number of aromatic nitrogens is 3. The van der Waals surface area contributed by atoms with Crippen molar-refractivity contribution in [1.82, 2.24) is 20.3 Å². The fourth-order valence-corrected chi connectivity index (χ4v) is 3.13. The van der Waals surface area contributed by atoms with Crippen molar-refractivity contribution >= 4 is 16.9 Å². The van der Waals surface area contributed by atoms with Crippen LogP contribution in [-0.2, 0) is 6.18 Å². The Bertz CT molecular complexity index is 968. The number of ether oxygens (including phenoxy) is 1. The van der Waals surface area contributed by atoms with E-state index in [9.17, 15) is 13.2 Å². The van der Waals surface area contributed by atoms with E-state index in [0.29, 0.717) is 12.1 Å². The summed E-state index contributed by atoms with van der Waals surface area (Å²) < 4.78 is 45.9. The number of para-hydroxylation sites is 1. The Balaban J connectivity index is 1.69. The van der Waals surface area contributed by atoms with Crippen LogP contribution >= 0.6 is 0 Å². The predicted octanol–water partition coefficient (Wildman–Crippen LogP) is 4.00. The SMILES string of the molecule is FC(F)(F)c1cnc(N[C@H]2CCCNC2)nc1Oc1cccc2cccnc12. The summed E-state index contributed by atoms with van der Waals surface area (Å²) in [7, 11) is 0. The van der Waals surface area contributed by atoms with Gasteiger partial charge in [-0.15, -0.1) is 0 Å². The number of nitrogens with zero attached hydrogens (tertiary/aromatic N) is 3. The summed E-state index contributed by atoms with van der Waals surface area (Å²) in [5, 5.41) is 7.06. The van der Waals surface area contributed by atoms with E-state index in [2.05, 4.69) is 25.6 Å². The number of nitrogens with one attached hydrogen (secondary N) is 2. The number of rotatable bonds is 4. The molecule has 1 atom stereocenters. The van der Waals surface area contributed by atoms with Gasteiger partial charge >= 0.3 is 6.18 Å². The molecule has 1 aliphatic rings. The van der Waals surface area contributed by atoms with E-state index in [1.54, 1.807) is 24.4 Å². The quantitative estimate of drug-likeness (QED) is 0.703. The van der Waals surface area contributed by atoms with Gasteiger partial charge in [0, 0.05) is 30.4 Å². The maximum Gasteiger partial charge on any atom is 0.423 e. The van der Waals surface area contributed by atoms with Gasteiger partial charge in [-0.3, -0.25) is 4.98 Å². The molecule has 1 fully saturated rings. The van der Waals surface area contributed by atoms with E-state index in [1.807, 2.05) is 12.1 Å². The first-order valence-corrected chi connectivity index (χ1v) is 8.94. The van der Waals surface area contributed by atoms with Crippen LogP contribution in [-0.4, -0.2) is 34.1 Å². The van der Waals surface area contributed by atoms with Crippen LogP contribution in [0.3, 0.4) is 0 Å². The summed E-state index contributed by atoms with van der Waals surface area (Å²) in [4.78, 5) is 12.1. The average molecular weight is 389 g/mol. The number of benzene rings is 1. The van der Waals surface area contributed by atoms with Gasteiger partial charge in [-0.25, -0.2) is 4.98 Å². The van der Waals surface area contributed by atoms with Crippen molar-refractivity contribution in [2.24, 2.45) is 0 Å². The first-order valence-electron chi connectivity index (χ1n) is 8.94. The minimum Gasteiger partial charge on any atom is -0.436 e. The van der Waals surface area contributed by atoms with E-state index in [4.69, 9.17) is 4.74 Å². The first-order chi connectivity index (χ1) is 13.5. The van der Waals surface area contributed by atoms with Gasteiger partial charge in [0.1, 0.15) is 11.1 Å². The van der Waals surface area contributed by atoms with Crippen molar-refractivity contribution in [3.63, 3.8) is 0 Å². The summed E-state index contributed by atoms with van der Waals surface area (Å²) in [6.45, 7) is 1.63. The molecule has 2 aromatic heterocycles. The number of hydrogen-bond acceptors (Lipinski definition) is 6. The molecular weight excluding hydrogens is 371 g/mol. The van der Waals surface area contributed by atoms with Crippen LogP contribution in [0.15, 0.2) is 42.7 Å². The number of pyridine rings is 1. The van der Waals surface area contributed by atoms with Crippen molar-refractivity contribution < 1.29 is 17.9 Å². The molecule has 0 spiro atoms. The van der Waals surface area contributed by atoms with Gasteiger partial charge in [0.15, 0.2) is 5.75 Å². The summed E-state index contributed by atoms with van der Waals surface area (Å²) in [5.41, 5.74) is -0.574. The molecule has 1 aromatic carbocycles. The van der Waals surface area contributed by atoms with E-state index >= 15 is 0 Å². The molecule has 1 saturated heterocycles. The number of halogens is 3. The fraction of sp³-hybridized carbons (Fsp3) is 0.316. The molecule has 0 aliphatic carbocycles. The maximum atomic E-state index is 13.4. The molecule has 3 aromatic rings. The number of anilines is 1. The highest BCUT2D eigenvalue weighted by Gasteiger charge is 2.36. The largest absolute Gasteiger partial charge is 0.436 e. The van der Waals surface area contributed by atoms with Crippen molar-refractivity contribution in [3.8, 4) is 11.6 Å². The van der Waals surface area contributed by atoms with Crippen LogP contribution in [0, 0.1) is 0 Å². The topological polar surface area (TPSA) is 72.0 Å². The smallest absolute Gasteiger partial charge is 0.423 e. The van der Waals surface area contributed by atoms with Crippen molar-refractivity contribution in [2.45, 2.75) is 25.1 Å². The van der Waals surface area contributed by atoms with E-state index in [0.717, 1.165) is 31.0 Å². The second-order valence-electron chi connectivity index (χ2n) is 6.53. The highest BCUT2D eigenvalue weighted by Crippen LogP contribution is 2.38. The van der Waals surface area contributed by atoms with Gasteiger partial charge in [-0.05, 0) is 31.5 Å². The van der Waals surface area contributed by atoms with Gasteiger partial charge in [-0.2, -0.15) is 18.2 Å². The Kier molecular flexibility index (Phi) is 4.99. The molecule has 28 heavy (non-hydrogen) atoms. The first kappa shape index (κ1) is 18.4. The predicted molar refractivity (Wildman–Crippen MR) is 98.4 cm³/mol. The number of hydrogen-bond donors (Lipinski definition) is 2. The second kappa shape index (κ2) is 7.59. The molecule has 4 rings (SSSR count). The third-order valence-corrected chi connectivity index (χ3v) is 4.49. The van der Waals surface area contributed by atoms with Crippen LogP contribution < -0.4 is 15.4 Å². The lowest BCUT2D eigenvalue weighted by atomic mass is 10.1. The Labute approximate surface area is 159 Å². The number of fused-ring (bicyclic) bond motifs is 1. The molecular formula is C19H18F3N5O. The lowest BCUT2D eigenvalue weighted by molar-refractivity contribution is -0.139. The molecule has 0 saturated carbocycles. The normalized spacial score (nSPS) is 17.5. The number of piperidine rings is 1. The van der Waals surface area contributed by atoms with Crippen LogP contribution in [0.4, 0.5) is 19.1 Å². The molecule has 0 amide bonds. The van der Waals surface area contributed by atoms with Gasteiger partial charge < -0.3 is 15.4 Å². The Morgan fingerprint density at radius 1 is 1.14 bits per heavy atom. The van der Waals surface area contributed by atoms with E-state index < -0.39 is 17.6 Å². The summed E-state index contributed by atoms with van der Waals surface area (Å²) in [5.74, 6) is -0.246. The Morgan fingerprint density at radius 3 is 2.79 bits per heavy atom. The van der Waals surface area contributed by atoms with Crippen molar-refractivity contribution in [2.75, 3.05) is 18.4 Å².